The van der Waals surface area contributed by atoms with E-state index < -0.39 is 0 Å². The van der Waals surface area contributed by atoms with Gasteiger partial charge in [0, 0.05) is 39.0 Å². The van der Waals surface area contributed by atoms with Crippen LogP contribution in [0.2, 0.25) is 0 Å². The van der Waals surface area contributed by atoms with Crippen molar-refractivity contribution in [1.82, 2.24) is 9.80 Å². The van der Waals surface area contributed by atoms with Gasteiger partial charge in [0.2, 0.25) is 5.91 Å². The van der Waals surface area contributed by atoms with Gasteiger partial charge >= 0.3 is 5.97 Å². The number of nitrogens with zero attached hydrogens (tertiary/aromatic N) is 2. The number of hydrogen-bond donors (Lipinski definition) is 0. The summed E-state index contributed by atoms with van der Waals surface area (Å²) in [7, 11) is 1.64. The number of piperazine rings is 1. The zero-order valence-corrected chi connectivity index (χ0v) is 14.9. The van der Waals surface area contributed by atoms with Gasteiger partial charge in [0.05, 0.1) is 7.11 Å². The Morgan fingerprint density at radius 3 is 2.44 bits per heavy atom. The van der Waals surface area contributed by atoms with Crippen LogP contribution in [0.5, 0.6) is 5.75 Å². The molecular weight excluding hydrogens is 320 g/mol. The number of benzene rings is 1. The average molecular weight is 346 g/mol. The summed E-state index contributed by atoms with van der Waals surface area (Å²) in [6, 6.07) is 7.69. The fraction of sp³-hybridized carbons (Fsp3) is 0.579. The van der Waals surface area contributed by atoms with E-state index in [4.69, 9.17) is 9.47 Å². The van der Waals surface area contributed by atoms with Crippen LogP contribution in [0.25, 0.3) is 0 Å². The molecule has 6 heteroatoms. The number of carbonyl (C=O) groups is 2. The first-order chi connectivity index (χ1) is 12.1. The van der Waals surface area contributed by atoms with Crippen LogP contribution in [0.1, 0.15) is 25.3 Å². The number of hydrogen-bond acceptors (Lipinski definition) is 5. The number of ether oxygens (including phenoxy) is 2. The summed E-state index contributed by atoms with van der Waals surface area (Å²) in [5.41, 5.74) is 1.13. The van der Waals surface area contributed by atoms with E-state index in [0.717, 1.165) is 37.2 Å². The lowest BCUT2D eigenvalue weighted by Crippen LogP contribution is -2.53. The summed E-state index contributed by atoms with van der Waals surface area (Å²) in [6.07, 6.45) is 2.00. The lowest BCUT2D eigenvalue weighted by Gasteiger charge is -2.36. The van der Waals surface area contributed by atoms with Crippen molar-refractivity contribution in [1.29, 1.82) is 0 Å². The van der Waals surface area contributed by atoms with E-state index in [9.17, 15) is 9.59 Å². The molecule has 2 saturated heterocycles. The Bertz CT molecular complexity index is 608. The van der Waals surface area contributed by atoms with Crippen LogP contribution in [0, 0.1) is 0 Å². The molecule has 2 fully saturated rings. The second-order valence-electron chi connectivity index (χ2n) is 6.76. The Hall–Kier alpha value is -2.08. The highest BCUT2D eigenvalue weighted by Gasteiger charge is 2.37. The van der Waals surface area contributed by atoms with E-state index in [1.165, 1.54) is 0 Å². The van der Waals surface area contributed by atoms with Crippen molar-refractivity contribution in [3.8, 4) is 5.75 Å². The monoisotopic (exact) mass is 346 g/mol. The van der Waals surface area contributed by atoms with Crippen molar-refractivity contribution < 1.29 is 19.1 Å². The van der Waals surface area contributed by atoms with Gasteiger partial charge in [-0.15, -0.1) is 0 Å². The van der Waals surface area contributed by atoms with Gasteiger partial charge in [-0.05, 0) is 31.0 Å². The zero-order chi connectivity index (χ0) is 17.8. The minimum atomic E-state index is -0.133. The van der Waals surface area contributed by atoms with E-state index in [0.29, 0.717) is 19.5 Å². The Morgan fingerprint density at radius 1 is 1.20 bits per heavy atom. The molecule has 2 aliphatic heterocycles. The Labute approximate surface area is 148 Å². The van der Waals surface area contributed by atoms with Crippen molar-refractivity contribution in [3.63, 3.8) is 0 Å². The van der Waals surface area contributed by atoms with E-state index in [2.05, 4.69) is 4.90 Å². The van der Waals surface area contributed by atoms with Crippen LogP contribution in [0.15, 0.2) is 24.3 Å². The summed E-state index contributed by atoms with van der Waals surface area (Å²) < 4.78 is 10.4. The smallest absolute Gasteiger partial charge is 0.323 e. The van der Waals surface area contributed by atoms with Crippen LogP contribution in [-0.4, -0.2) is 67.1 Å². The first-order valence-electron chi connectivity index (χ1n) is 8.92. The Morgan fingerprint density at radius 2 is 1.88 bits per heavy atom. The molecule has 1 aromatic carbocycles. The fourth-order valence-electron chi connectivity index (χ4n) is 3.52. The molecule has 2 unspecified atom stereocenters. The Balaban J connectivity index is 1.44. The predicted molar refractivity (Wildman–Crippen MR) is 93.4 cm³/mol. The molecule has 6 nitrogen and oxygen atoms in total. The van der Waals surface area contributed by atoms with Gasteiger partial charge in [0.25, 0.3) is 0 Å². The molecule has 2 atom stereocenters. The van der Waals surface area contributed by atoms with E-state index in [1.807, 2.05) is 36.1 Å². The molecule has 0 radical (unpaired) electrons. The van der Waals surface area contributed by atoms with Gasteiger partial charge in [-0.25, -0.2) is 0 Å². The van der Waals surface area contributed by atoms with Crippen molar-refractivity contribution in [2.24, 2.45) is 0 Å². The molecule has 136 valence electrons. The molecule has 0 spiro atoms. The first kappa shape index (κ1) is 17.7. The van der Waals surface area contributed by atoms with Crippen LogP contribution in [0.3, 0.4) is 0 Å². The number of aryl methyl sites for hydroxylation is 1. The van der Waals surface area contributed by atoms with E-state index >= 15 is 0 Å². The molecular formula is C19H26N2O4. The standard InChI is InChI=1S/C19H26N2O4/c1-14-13-17(19(23)25-14)20-9-11-21(12-10-20)18(22)8-5-15-3-6-16(24-2)7-4-15/h3-4,6-7,14,17H,5,8-13H2,1-2H3. The summed E-state index contributed by atoms with van der Waals surface area (Å²) in [4.78, 5) is 28.3. The number of carbonyl (C=O) groups excluding carboxylic acids is 2. The van der Waals surface area contributed by atoms with Crippen molar-refractivity contribution in [2.45, 2.75) is 38.3 Å². The van der Waals surface area contributed by atoms with E-state index in [-0.39, 0.29) is 24.0 Å². The summed E-state index contributed by atoms with van der Waals surface area (Å²) in [6.45, 7) is 4.76. The lowest BCUT2D eigenvalue weighted by atomic mass is 10.1. The molecule has 0 aliphatic carbocycles. The number of cyclic esters (lactones) is 1. The molecule has 2 aliphatic rings. The molecule has 2 heterocycles. The van der Waals surface area contributed by atoms with Crippen LogP contribution < -0.4 is 4.74 Å². The number of amides is 1. The quantitative estimate of drug-likeness (QED) is 0.756. The van der Waals surface area contributed by atoms with Crippen LogP contribution in [0.4, 0.5) is 0 Å². The molecule has 1 aromatic rings. The molecule has 0 saturated carbocycles. The molecule has 25 heavy (non-hydrogen) atoms. The summed E-state index contributed by atoms with van der Waals surface area (Å²) in [5.74, 6) is 0.885. The zero-order valence-electron chi connectivity index (χ0n) is 14.9. The highest BCUT2D eigenvalue weighted by Crippen LogP contribution is 2.21. The SMILES string of the molecule is COc1ccc(CCC(=O)N2CCN(C3CC(C)OC3=O)CC2)cc1. The number of esters is 1. The summed E-state index contributed by atoms with van der Waals surface area (Å²) >= 11 is 0. The average Bonchev–Trinajstić information content (AvgIpc) is 2.98. The number of rotatable bonds is 5. The minimum absolute atomic E-state index is 0.00154. The van der Waals surface area contributed by atoms with Crippen LogP contribution in [-0.2, 0) is 20.7 Å². The third-order valence-corrected chi connectivity index (χ3v) is 5.04. The van der Waals surface area contributed by atoms with Gasteiger partial charge in [-0.1, -0.05) is 12.1 Å². The van der Waals surface area contributed by atoms with Gasteiger partial charge < -0.3 is 14.4 Å². The van der Waals surface area contributed by atoms with Gasteiger partial charge in [0.1, 0.15) is 17.9 Å². The fourth-order valence-corrected chi connectivity index (χ4v) is 3.52. The van der Waals surface area contributed by atoms with Crippen molar-refractivity contribution in [3.05, 3.63) is 29.8 Å². The van der Waals surface area contributed by atoms with Gasteiger partial charge in [-0.3, -0.25) is 14.5 Å². The first-order valence-corrected chi connectivity index (χ1v) is 8.92. The normalized spacial score (nSPS) is 24.2. The van der Waals surface area contributed by atoms with Crippen LogP contribution >= 0.6 is 0 Å². The lowest BCUT2D eigenvalue weighted by molar-refractivity contribution is -0.145. The second kappa shape index (κ2) is 7.87. The molecule has 0 N–H and O–H groups in total. The molecule has 3 rings (SSSR count). The van der Waals surface area contributed by atoms with Crippen molar-refractivity contribution in [2.75, 3.05) is 33.3 Å². The van der Waals surface area contributed by atoms with Gasteiger partial charge in [-0.2, -0.15) is 0 Å². The third kappa shape index (κ3) is 4.31. The maximum atomic E-state index is 12.4. The number of methoxy groups -OCH3 is 1. The minimum Gasteiger partial charge on any atom is -0.497 e. The highest BCUT2D eigenvalue weighted by molar-refractivity contribution is 5.78. The highest BCUT2D eigenvalue weighted by atomic mass is 16.6. The molecule has 1 amide bonds. The maximum Gasteiger partial charge on any atom is 0.323 e. The second-order valence-corrected chi connectivity index (χ2v) is 6.76. The van der Waals surface area contributed by atoms with E-state index in [1.54, 1.807) is 7.11 Å². The van der Waals surface area contributed by atoms with Gasteiger partial charge in [0.15, 0.2) is 0 Å². The predicted octanol–water partition coefficient (Wildman–Crippen LogP) is 1.48. The summed E-state index contributed by atoms with van der Waals surface area (Å²) in [5, 5.41) is 0. The third-order valence-electron chi connectivity index (χ3n) is 5.04. The van der Waals surface area contributed by atoms with Crippen molar-refractivity contribution >= 4 is 11.9 Å². The molecule has 0 aromatic heterocycles. The largest absolute Gasteiger partial charge is 0.497 e. The Kier molecular flexibility index (Phi) is 5.58. The maximum absolute atomic E-state index is 12.4. The topological polar surface area (TPSA) is 59.1 Å². The molecule has 0 bridgehead atoms.